The standard InChI is InChI=1S/C13H9ClOS2/c1-7(15)12-4-8-6-16-11-3-2-9(14)5-10(11)13(8)17-12/h2-5H,6H2,1H3. The number of carbonyl (C=O) groups is 1. The summed E-state index contributed by atoms with van der Waals surface area (Å²) in [4.78, 5) is 14.7. The summed E-state index contributed by atoms with van der Waals surface area (Å²) in [5.41, 5.74) is 2.42. The van der Waals surface area contributed by atoms with Crippen LogP contribution in [-0.4, -0.2) is 5.78 Å². The molecule has 2 aromatic rings. The molecule has 17 heavy (non-hydrogen) atoms. The van der Waals surface area contributed by atoms with Crippen LogP contribution in [0.5, 0.6) is 0 Å². The van der Waals surface area contributed by atoms with Gasteiger partial charge in [-0.3, -0.25) is 4.79 Å². The van der Waals surface area contributed by atoms with Gasteiger partial charge in [-0.1, -0.05) is 11.6 Å². The normalized spacial score (nSPS) is 13.1. The Kier molecular flexibility index (Phi) is 2.77. The molecule has 0 bridgehead atoms. The van der Waals surface area contributed by atoms with Crippen LogP contribution in [0.15, 0.2) is 29.2 Å². The summed E-state index contributed by atoms with van der Waals surface area (Å²) < 4.78 is 0. The van der Waals surface area contributed by atoms with E-state index in [-0.39, 0.29) is 5.78 Å². The van der Waals surface area contributed by atoms with Gasteiger partial charge in [0.15, 0.2) is 5.78 Å². The van der Waals surface area contributed by atoms with Crippen molar-refractivity contribution in [2.24, 2.45) is 0 Å². The van der Waals surface area contributed by atoms with Crippen molar-refractivity contribution in [3.63, 3.8) is 0 Å². The molecule has 86 valence electrons. The number of thiophene rings is 1. The zero-order valence-corrected chi connectivity index (χ0v) is 11.5. The number of rotatable bonds is 1. The summed E-state index contributed by atoms with van der Waals surface area (Å²) in [6.07, 6.45) is 0. The van der Waals surface area contributed by atoms with Gasteiger partial charge in [0.2, 0.25) is 0 Å². The topological polar surface area (TPSA) is 17.1 Å². The van der Waals surface area contributed by atoms with Crippen LogP contribution in [0, 0.1) is 0 Å². The van der Waals surface area contributed by atoms with E-state index in [0.29, 0.717) is 0 Å². The van der Waals surface area contributed by atoms with Gasteiger partial charge in [0.05, 0.1) is 4.88 Å². The van der Waals surface area contributed by atoms with E-state index >= 15 is 0 Å². The Hall–Kier alpha value is -0.770. The van der Waals surface area contributed by atoms with Crippen molar-refractivity contribution < 1.29 is 4.79 Å². The number of hydrogen-bond donors (Lipinski definition) is 0. The maximum atomic E-state index is 11.4. The molecule has 0 atom stereocenters. The molecule has 0 aliphatic carbocycles. The molecule has 2 heterocycles. The summed E-state index contributed by atoms with van der Waals surface area (Å²) in [6, 6.07) is 7.97. The molecular formula is C13H9ClOS2. The molecular weight excluding hydrogens is 272 g/mol. The van der Waals surface area contributed by atoms with E-state index in [0.717, 1.165) is 15.7 Å². The number of fused-ring (bicyclic) bond motifs is 3. The minimum atomic E-state index is 0.137. The van der Waals surface area contributed by atoms with Crippen LogP contribution in [0.4, 0.5) is 0 Å². The average molecular weight is 281 g/mol. The number of thioether (sulfide) groups is 1. The van der Waals surface area contributed by atoms with Crippen LogP contribution in [0.25, 0.3) is 10.4 Å². The predicted octanol–water partition coefficient (Wildman–Crippen LogP) is 4.88. The first-order chi connectivity index (χ1) is 8.15. The summed E-state index contributed by atoms with van der Waals surface area (Å²) in [6.45, 7) is 1.61. The summed E-state index contributed by atoms with van der Waals surface area (Å²) >= 11 is 9.42. The highest BCUT2D eigenvalue weighted by molar-refractivity contribution is 7.98. The van der Waals surface area contributed by atoms with Crippen LogP contribution in [0.2, 0.25) is 5.02 Å². The summed E-state index contributed by atoms with van der Waals surface area (Å²) in [7, 11) is 0. The second-order valence-corrected chi connectivity index (χ2v) is 6.46. The van der Waals surface area contributed by atoms with E-state index in [1.807, 2.05) is 18.2 Å². The SMILES string of the molecule is CC(=O)c1cc2c(s1)-c1cc(Cl)ccc1SC2. The number of benzene rings is 1. The lowest BCUT2D eigenvalue weighted by Crippen LogP contribution is -1.91. The highest BCUT2D eigenvalue weighted by Gasteiger charge is 2.21. The molecule has 0 saturated carbocycles. The van der Waals surface area contributed by atoms with Crippen molar-refractivity contribution >= 4 is 40.5 Å². The van der Waals surface area contributed by atoms with Crippen molar-refractivity contribution in [2.75, 3.05) is 0 Å². The smallest absolute Gasteiger partial charge is 0.169 e. The van der Waals surface area contributed by atoms with Crippen molar-refractivity contribution in [1.82, 2.24) is 0 Å². The van der Waals surface area contributed by atoms with Crippen molar-refractivity contribution in [3.05, 3.63) is 39.7 Å². The molecule has 1 aromatic carbocycles. The van der Waals surface area contributed by atoms with Gasteiger partial charge in [0.25, 0.3) is 0 Å². The maximum Gasteiger partial charge on any atom is 0.169 e. The first-order valence-corrected chi connectivity index (χ1v) is 7.39. The van der Waals surface area contributed by atoms with Gasteiger partial charge in [0.1, 0.15) is 0 Å². The molecule has 0 N–H and O–H groups in total. The highest BCUT2D eigenvalue weighted by Crippen LogP contribution is 2.46. The van der Waals surface area contributed by atoms with Gasteiger partial charge in [-0.25, -0.2) is 0 Å². The summed E-state index contributed by atoms with van der Waals surface area (Å²) in [5.74, 6) is 1.08. The van der Waals surface area contributed by atoms with E-state index in [1.54, 1.807) is 30.0 Å². The average Bonchev–Trinajstić information content (AvgIpc) is 2.73. The second-order valence-electron chi connectivity index (χ2n) is 3.95. The molecule has 0 unspecified atom stereocenters. The van der Waals surface area contributed by atoms with Crippen molar-refractivity contribution in [1.29, 1.82) is 0 Å². The number of ketones is 1. The van der Waals surface area contributed by atoms with Crippen LogP contribution in [-0.2, 0) is 5.75 Å². The van der Waals surface area contributed by atoms with Crippen LogP contribution in [0.1, 0.15) is 22.2 Å². The number of hydrogen-bond acceptors (Lipinski definition) is 3. The van der Waals surface area contributed by atoms with Gasteiger partial charge in [-0.05, 0) is 36.8 Å². The zero-order valence-electron chi connectivity index (χ0n) is 9.12. The largest absolute Gasteiger partial charge is 0.294 e. The fraction of sp³-hybridized carbons (Fsp3) is 0.154. The number of halogens is 1. The number of carbonyl (C=O) groups excluding carboxylic acids is 1. The fourth-order valence-corrected chi connectivity index (χ4v) is 4.35. The Labute approximate surface area is 113 Å². The predicted molar refractivity (Wildman–Crippen MR) is 74.3 cm³/mol. The van der Waals surface area contributed by atoms with Gasteiger partial charge in [-0.2, -0.15) is 0 Å². The monoisotopic (exact) mass is 280 g/mol. The maximum absolute atomic E-state index is 11.4. The zero-order chi connectivity index (χ0) is 12.0. The molecule has 4 heteroatoms. The third-order valence-electron chi connectivity index (χ3n) is 2.73. The molecule has 3 rings (SSSR count). The molecule has 0 amide bonds. The van der Waals surface area contributed by atoms with E-state index < -0.39 is 0 Å². The van der Waals surface area contributed by atoms with E-state index in [4.69, 9.17) is 11.6 Å². The molecule has 0 radical (unpaired) electrons. The van der Waals surface area contributed by atoms with Crippen LogP contribution < -0.4 is 0 Å². The first kappa shape index (κ1) is 11.3. The fourth-order valence-electron chi connectivity index (χ4n) is 1.90. The van der Waals surface area contributed by atoms with Gasteiger partial charge in [0, 0.05) is 26.1 Å². The molecule has 0 fully saturated rings. The number of Topliss-reactive ketones (excluding diaryl/α,β-unsaturated/α-hetero) is 1. The quantitative estimate of drug-likeness (QED) is 0.693. The van der Waals surface area contributed by atoms with Gasteiger partial charge in [-0.15, -0.1) is 23.1 Å². The molecule has 0 saturated heterocycles. The van der Waals surface area contributed by atoms with Gasteiger partial charge >= 0.3 is 0 Å². The van der Waals surface area contributed by atoms with E-state index in [9.17, 15) is 4.79 Å². The third kappa shape index (κ3) is 1.92. The Bertz CT molecular complexity index is 616. The first-order valence-electron chi connectivity index (χ1n) is 5.21. The second kappa shape index (κ2) is 4.16. The lowest BCUT2D eigenvalue weighted by molar-refractivity contribution is 0.102. The summed E-state index contributed by atoms with van der Waals surface area (Å²) in [5, 5.41) is 0.745. The minimum absolute atomic E-state index is 0.137. The third-order valence-corrected chi connectivity index (χ3v) is 5.39. The van der Waals surface area contributed by atoms with Crippen LogP contribution in [0.3, 0.4) is 0 Å². The Morgan fingerprint density at radius 3 is 2.94 bits per heavy atom. The highest BCUT2D eigenvalue weighted by atomic mass is 35.5. The van der Waals surface area contributed by atoms with E-state index in [2.05, 4.69) is 6.07 Å². The van der Waals surface area contributed by atoms with Crippen molar-refractivity contribution in [2.45, 2.75) is 17.6 Å². The molecule has 1 aromatic heterocycles. The molecule has 1 nitrogen and oxygen atoms in total. The Balaban J connectivity index is 2.21. The van der Waals surface area contributed by atoms with Crippen LogP contribution >= 0.6 is 34.7 Å². The lowest BCUT2D eigenvalue weighted by Gasteiger charge is -2.15. The van der Waals surface area contributed by atoms with Gasteiger partial charge < -0.3 is 0 Å². The molecule has 1 aliphatic heterocycles. The molecule has 1 aliphatic rings. The molecule has 0 spiro atoms. The van der Waals surface area contributed by atoms with E-state index in [1.165, 1.54) is 20.9 Å². The van der Waals surface area contributed by atoms with Crippen molar-refractivity contribution in [3.8, 4) is 10.4 Å². The minimum Gasteiger partial charge on any atom is -0.294 e. The Morgan fingerprint density at radius 1 is 1.35 bits per heavy atom. The lowest BCUT2D eigenvalue weighted by atomic mass is 10.1. The Morgan fingerprint density at radius 2 is 2.18 bits per heavy atom.